The van der Waals surface area contributed by atoms with Crippen LogP contribution in [-0.4, -0.2) is 17.2 Å². The van der Waals surface area contributed by atoms with Gasteiger partial charge in [-0.15, -0.1) is 0 Å². The molecule has 18 heavy (non-hydrogen) atoms. The zero-order chi connectivity index (χ0) is 13.0. The Balaban J connectivity index is 2.04. The molecular weight excluding hydrogens is 244 g/mol. The summed E-state index contributed by atoms with van der Waals surface area (Å²) in [6, 6.07) is 8.91. The lowest BCUT2D eigenvalue weighted by Gasteiger charge is -2.15. The largest absolute Gasteiger partial charge is 0.345 e. The van der Waals surface area contributed by atoms with E-state index in [4.69, 9.17) is 11.6 Å². The van der Waals surface area contributed by atoms with E-state index in [0.717, 1.165) is 23.5 Å². The summed E-state index contributed by atoms with van der Waals surface area (Å²) in [6.07, 6.45) is 4.40. The topological polar surface area (TPSA) is 17.0 Å². The van der Waals surface area contributed by atoms with Crippen molar-refractivity contribution in [3.05, 3.63) is 35.5 Å². The average molecular weight is 265 g/mol. The second kappa shape index (κ2) is 6.26. The van der Waals surface area contributed by atoms with Crippen LogP contribution >= 0.6 is 11.6 Å². The first-order chi connectivity index (χ1) is 8.76. The highest BCUT2D eigenvalue weighted by atomic mass is 35.5. The Morgan fingerprint density at radius 1 is 1.22 bits per heavy atom. The summed E-state index contributed by atoms with van der Waals surface area (Å²) in [6.45, 7) is 6.40. The highest BCUT2D eigenvalue weighted by molar-refractivity contribution is 6.35. The van der Waals surface area contributed by atoms with Crippen LogP contribution in [0, 0.1) is 0 Å². The second-order valence-electron chi connectivity index (χ2n) is 4.66. The van der Waals surface area contributed by atoms with Gasteiger partial charge < -0.3 is 9.88 Å². The molecule has 98 valence electrons. The maximum atomic E-state index is 6.23. The normalized spacial score (nSPS) is 11.6. The van der Waals surface area contributed by atoms with Gasteiger partial charge >= 0.3 is 0 Å². The van der Waals surface area contributed by atoms with Crippen molar-refractivity contribution in [3.8, 4) is 0 Å². The van der Waals surface area contributed by atoms with Gasteiger partial charge in [0.1, 0.15) is 0 Å². The van der Waals surface area contributed by atoms with E-state index in [-0.39, 0.29) is 0 Å². The summed E-state index contributed by atoms with van der Waals surface area (Å²) in [7, 11) is 0. The number of hydrogen-bond acceptors (Lipinski definition) is 1. The summed E-state index contributed by atoms with van der Waals surface area (Å²) in [5.74, 6) is 0. The Kier molecular flexibility index (Phi) is 4.67. The van der Waals surface area contributed by atoms with E-state index in [2.05, 4.69) is 41.9 Å². The molecule has 3 heteroatoms. The molecule has 1 aromatic heterocycles. The standard InChI is InChI=1S/C15H21ClN2/c1-3-12(4-2)17-9-10-18-11-14(16)13-7-5-6-8-15(13)18/h5-8,11-12,17H,3-4,9-10H2,1-2H3. The van der Waals surface area contributed by atoms with Gasteiger partial charge in [-0.1, -0.05) is 43.6 Å². The molecule has 2 aromatic rings. The van der Waals surface area contributed by atoms with Crippen molar-refractivity contribution in [1.29, 1.82) is 0 Å². The van der Waals surface area contributed by atoms with Crippen molar-refractivity contribution in [3.63, 3.8) is 0 Å². The van der Waals surface area contributed by atoms with Gasteiger partial charge in [-0.3, -0.25) is 0 Å². The molecule has 0 aliphatic heterocycles. The monoisotopic (exact) mass is 264 g/mol. The van der Waals surface area contributed by atoms with Gasteiger partial charge in [-0.2, -0.15) is 0 Å². The number of halogens is 1. The molecule has 0 fully saturated rings. The minimum absolute atomic E-state index is 0.627. The molecule has 0 unspecified atom stereocenters. The SMILES string of the molecule is CCC(CC)NCCn1cc(Cl)c2ccccc21. The van der Waals surface area contributed by atoms with E-state index in [1.54, 1.807) is 0 Å². The molecule has 0 aliphatic rings. The number of aromatic nitrogens is 1. The Morgan fingerprint density at radius 3 is 2.67 bits per heavy atom. The predicted molar refractivity (Wildman–Crippen MR) is 79.3 cm³/mol. The second-order valence-corrected chi connectivity index (χ2v) is 5.06. The van der Waals surface area contributed by atoms with E-state index < -0.39 is 0 Å². The fraction of sp³-hybridized carbons (Fsp3) is 0.467. The highest BCUT2D eigenvalue weighted by Gasteiger charge is 2.06. The van der Waals surface area contributed by atoms with E-state index in [0.29, 0.717) is 6.04 Å². The molecule has 1 N–H and O–H groups in total. The molecule has 1 aromatic carbocycles. The van der Waals surface area contributed by atoms with Crippen molar-refractivity contribution in [2.24, 2.45) is 0 Å². The number of nitrogens with one attached hydrogen (secondary N) is 1. The third kappa shape index (κ3) is 2.88. The number of hydrogen-bond donors (Lipinski definition) is 1. The smallest absolute Gasteiger partial charge is 0.0661 e. The summed E-state index contributed by atoms with van der Waals surface area (Å²) < 4.78 is 2.23. The van der Waals surface area contributed by atoms with Crippen molar-refractivity contribution in [2.45, 2.75) is 39.3 Å². The molecule has 0 saturated heterocycles. The van der Waals surface area contributed by atoms with Crippen molar-refractivity contribution in [1.82, 2.24) is 9.88 Å². The van der Waals surface area contributed by atoms with Gasteiger partial charge in [0.05, 0.1) is 5.02 Å². The van der Waals surface area contributed by atoms with Gasteiger partial charge in [-0.25, -0.2) is 0 Å². The lowest BCUT2D eigenvalue weighted by atomic mass is 10.2. The van der Waals surface area contributed by atoms with Crippen LogP contribution in [0.4, 0.5) is 0 Å². The number of nitrogens with zero attached hydrogens (tertiary/aromatic N) is 1. The molecule has 0 saturated carbocycles. The summed E-state index contributed by atoms with van der Waals surface area (Å²) in [5, 5.41) is 5.56. The lowest BCUT2D eigenvalue weighted by molar-refractivity contribution is 0.468. The zero-order valence-electron chi connectivity index (χ0n) is 11.1. The van der Waals surface area contributed by atoms with Crippen LogP contribution < -0.4 is 5.32 Å². The van der Waals surface area contributed by atoms with E-state index in [1.807, 2.05) is 12.3 Å². The van der Waals surface area contributed by atoms with E-state index in [9.17, 15) is 0 Å². The maximum absolute atomic E-state index is 6.23. The van der Waals surface area contributed by atoms with E-state index in [1.165, 1.54) is 18.4 Å². The van der Waals surface area contributed by atoms with Crippen molar-refractivity contribution in [2.75, 3.05) is 6.54 Å². The fourth-order valence-corrected chi connectivity index (χ4v) is 2.63. The number of para-hydroxylation sites is 1. The van der Waals surface area contributed by atoms with Gasteiger partial charge in [0.15, 0.2) is 0 Å². The summed E-state index contributed by atoms with van der Waals surface area (Å²) in [4.78, 5) is 0. The summed E-state index contributed by atoms with van der Waals surface area (Å²) in [5.41, 5.74) is 1.22. The number of fused-ring (bicyclic) bond motifs is 1. The van der Waals surface area contributed by atoms with Gasteiger partial charge in [0.25, 0.3) is 0 Å². The molecule has 0 spiro atoms. The first kappa shape index (κ1) is 13.4. The molecule has 0 aliphatic carbocycles. The molecule has 1 heterocycles. The van der Waals surface area contributed by atoms with Crippen molar-refractivity contribution >= 4 is 22.5 Å². The first-order valence-electron chi connectivity index (χ1n) is 6.73. The Labute approximate surface area is 114 Å². The minimum atomic E-state index is 0.627. The van der Waals surface area contributed by atoms with Crippen LogP contribution in [-0.2, 0) is 6.54 Å². The average Bonchev–Trinajstić information content (AvgIpc) is 2.72. The molecular formula is C15H21ClN2. The summed E-state index contributed by atoms with van der Waals surface area (Å²) >= 11 is 6.23. The molecule has 2 nitrogen and oxygen atoms in total. The number of rotatable bonds is 6. The zero-order valence-corrected chi connectivity index (χ0v) is 11.9. The van der Waals surface area contributed by atoms with Crippen molar-refractivity contribution < 1.29 is 0 Å². The lowest BCUT2D eigenvalue weighted by Crippen LogP contribution is -2.30. The Hall–Kier alpha value is -0.990. The van der Waals surface area contributed by atoms with Gasteiger partial charge in [0, 0.05) is 36.2 Å². The highest BCUT2D eigenvalue weighted by Crippen LogP contribution is 2.25. The number of benzene rings is 1. The fourth-order valence-electron chi connectivity index (χ4n) is 2.35. The first-order valence-corrected chi connectivity index (χ1v) is 7.10. The Morgan fingerprint density at radius 2 is 1.94 bits per heavy atom. The van der Waals surface area contributed by atoms with Crippen LogP contribution in [0.2, 0.25) is 5.02 Å². The minimum Gasteiger partial charge on any atom is -0.345 e. The van der Waals surface area contributed by atoms with Gasteiger partial charge in [-0.05, 0) is 18.9 Å². The quantitative estimate of drug-likeness (QED) is 0.832. The predicted octanol–water partition coefficient (Wildman–Crippen LogP) is 4.07. The van der Waals surface area contributed by atoms with Crippen LogP contribution in [0.3, 0.4) is 0 Å². The third-order valence-electron chi connectivity index (χ3n) is 3.51. The van der Waals surface area contributed by atoms with Gasteiger partial charge in [0.2, 0.25) is 0 Å². The van der Waals surface area contributed by atoms with Crippen LogP contribution in [0.25, 0.3) is 10.9 Å². The maximum Gasteiger partial charge on any atom is 0.0661 e. The molecule has 0 bridgehead atoms. The van der Waals surface area contributed by atoms with Crippen LogP contribution in [0.15, 0.2) is 30.5 Å². The molecule has 0 atom stereocenters. The molecule has 0 radical (unpaired) electrons. The molecule has 2 rings (SSSR count). The Bertz CT molecular complexity index is 500. The third-order valence-corrected chi connectivity index (χ3v) is 3.81. The van der Waals surface area contributed by atoms with Crippen LogP contribution in [0.1, 0.15) is 26.7 Å². The van der Waals surface area contributed by atoms with E-state index >= 15 is 0 Å². The molecule has 0 amide bonds. The van der Waals surface area contributed by atoms with Crippen LogP contribution in [0.5, 0.6) is 0 Å².